The van der Waals surface area contributed by atoms with E-state index in [9.17, 15) is 0 Å². The molecule has 1 aromatic rings. The van der Waals surface area contributed by atoms with Crippen molar-refractivity contribution >= 4 is 17.0 Å². The van der Waals surface area contributed by atoms with Crippen LogP contribution in [0, 0.1) is 0 Å². The molecule has 0 saturated carbocycles. The lowest BCUT2D eigenvalue weighted by Gasteiger charge is -2.13. The molecule has 0 bridgehead atoms. The Labute approximate surface area is 84.7 Å². The molecule has 0 amide bonds. The lowest BCUT2D eigenvalue weighted by molar-refractivity contribution is 0.409. The Morgan fingerprint density at radius 3 is 2.58 bits per heavy atom. The van der Waals surface area contributed by atoms with Gasteiger partial charge in [-0.1, -0.05) is 20.3 Å². The van der Waals surface area contributed by atoms with Crippen molar-refractivity contribution < 1.29 is 0 Å². The number of nitrogens with zero attached hydrogens (tertiary/aromatic N) is 2. The number of rotatable bonds is 4. The van der Waals surface area contributed by atoms with Crippen molar-refractivity contribution in [2.45, 2.75) is 39.2 Å². The molecule has 2 nitrogen and oxygen atoms in total. The minimum Gasteiger partial charge on any atom is -0.270 e. The zero-order chi connectivity index (χ0) is 8.10. The average molecular weight is 233 g/mol. The molecule has 1 rings (SSSR count). The fraction of sp³-hybridized carbons (Fsp3) is 0.667. The van der Waals surface area contributed by atoms with Crippen LogP contribution in [-0.4, -0.2) is 9.78 Å². The summed E-state index contributed by atoms with van der Waals surface area (Å²) in [5, 5.41) is 4.22. The van der Waals surface area contributed by atoms with Crippen molar-refractivity contribution in [2.24, 2.45) is 0 Å². The topological polar surface area (TPSA) is 17.8 Å². The molecule has 70 valence electrons. The lowest BCUT2D eigenvalue weighted by atomic mass is 10.1. The molecule has 1 atom stereocenters. The summed E-state index contributed by atoms with van der Waals surface area (Å²) in [6.45, 7) is 4.42. The van der Waals surface area contributed by atoms with Crippen molar-refractivity contribution in [1.82, 2.24) is 9.78 Å². The van der Waals surface area contributed by atoms with Gasteiger partial charge < -0.3 is 0 Å². The third-order valence-corrected chi connectivity index (χ3v) is 1.99. The van der Waals surface area contributed by atoms with Gasteiger partial charge in [0.1, 0.15) is 0 Å². The molecule has 1 unspecified atom stereocenters. The first kappa shape index (κ1) is 11.7. The van der Waals surface area contributed by atoms with Crippen molar-refractivity contribution in [1.29, 1.82) is 0 Å². The quantitative estimate of drug-likeness (QED) is 0.780. The normalized spacial score (nSPS) is 12.2. The number of aromatic nitrogens is 2. The van der Waals surface area contributed by atoms with Crippen LogP contribution in [0.3, 0.4) is 0 Å². The second kappa shape index (κ2) is 6.23. The monoisotopic (exact) mass is 232 g/mol. The van der Waals surface area contributed by atoms with Crippen molar-refractivity contribution in [3.63, 3.8) is 0 Å². The number of halogens is 1. The van der Waals surface area contributed by atoms with Gasteiger partial charge in [-0.05, 0) is 18.9 Å². The summed E-state index contributed by atoms with van der Waals surface area (Å²) >= 11 is 0. The minimum absolute atomic E-state index is 0. The van der Waals surface area contributed by atoms with Crippen LogP contribution in [0.5, 0.6) is 0 Å². The Hall–Kier alpha value is -0.310. The maximum absolute atomic E-state index is 4.22. The molecule has 3 heteroatoms. The Morgan fingerprint density at radius 2 is 2.17 bits per heavy atom. The SMILES string of the molecule is Br.CCCC(CC)n1cccn1. The number of hydrogen-bond acceptors (Lipinski definition) is 1. The fourth-order valence-corrected chi connectivity index (χ4v) is 1.35. The van der Waals surface area contributed by atoms with E-state index in [1.165, 1.54) is 19.3 Å². The summed E-state index contributed by atoms with van der Waals surface area (Å²) in [7, 11) is 0. The van der Waals surface area contributed by atoms with Gasteiger partial charge in [0.05, 0.1) is 6.04 Å². The maximum Gasteiger partial charge on any atom is 0.0516 e. The Balaban J connectivity index is 0.00000121. The molecule has 0 spiro atoms. The molecule has 0 radical (unpaired) electrons. The van der Waals surface area contributed by atoms with Gasteiger partial charge in [-0.3, -0.25) is 4.68 Å². The van der Waals surface area contributed by atoms with E-state index in [1.807, 2.05) is 18.5 Å². The first-order valence-corrected chi connectivity index (χ1v) is 4.37. The van der Waals surface area contributed by atoms with Crippen LogP contribution < -0.4 is 0 Å². The van der Waals surface area contributed by atoms with Gasteiger partial charge in [0.2, 0.25) is 0 Å². The average Bonchev–Trinajstić information content (AvgIpc) is 2.52. The van der Waals surface area contributed by atoms with Gasteiger partial charge in [0.25, 0.3) is 0 Å². The van der Waals surface area contributed by atoms with E-state index in [1.54, 1.807) is 0 Å². The maximum atomic E-state index is 4.22. The largest absolute Gasteiger partial charge is 0.270 e. The van der Waals surface area contributed by atoms with Crippen LogP contribution in [0.25, 0.3) is 0 Å². The minimum atomic E-state index is 0. The summed E-state index contributed by atoms with van der Waals surface area (Å²) in [5.74, 6) is 0. The molecule has 0 aliphatic rings. The third-order valence-electron chi connectivity index (χ3n) is 1.99. The smallest absolute Gasteiger partial charge is 0.0516 e. The predicted molar refractivity (Wildman–Crippen MR) is 56.8 cm³/mol. The van der Waals surface area contributed by atoms with Crippen LogP contribution in [-0.2, 0) is 0 Å². The second-order valence-electron chi connectivity index (χ2n) is 2.84. The van der Waals surface area contributed by atoms with E-state index in [4.69, 9.17) is 0 Å². The van der Waals surface area contributed by atoms with E-state index in [0.717, 1.165) is 0 Å². The molecule has 12 heavy (non-hydrogen) atoms. The molecule has 0 aliphatic carbocycles. The van der Waals surface area contributed by atoms with Crippen molar-refractivity contribution in [2.75, 3.05) is 0 Å². The van der Waals surface area contributed by atoms with Gasteiger partial charge >= 0.3 is 0 Å². The van der Waals surface area contributed by atoms with Crippen molar-refractivity contribution in [3.8, 4) is 0 Å². The summed E-state index contributed by atoms with van der Waals surface area (Å²) in [5.41, 5.74) is 0. The summed E-state index contributed by atoms with van der Waals surface area (Å²) in [4.78, 5) is 0. The van der Waals surface area contributed by atoms with Crippen LogP contribution in [0.1, 0.15) is 39.2 Å². The summed E-state index contributed by atoms with van der Waals surface area (Å²) in [6.07, 6.45) is 7.54. The molecule has 0 aromatic carbocycles. The molecule has 0 fully saturated rings. The van der Waals surface area contributed by atoms with Gasteiger partial charge in [0, 0.05) is 12.4 Å². The third kappa shape index (κ3) is 2.97. The highest BCUT2D eigenvalue weighted by Gasteiger charge is 2.05. The van der Waals surface area contributed by atoms with Crippen LogP contribution in [0.4, 0.5) is 0 Å². The Morgan fingerprint density at radius 1 is 1.42 bits per heavy atom. The highest BCUT2D eigenvalue weighted by atomic mass is 79.9. The second-order valence-corrected chi connectivity index (χ2v) is 2.84. The standard InChI is InChI=1S/C9H16N2.BrH/c1-3-6-9(4-2)11-8-5-7-10-11;/h5,7-9H,3-4,6H2,1-2H3;1H. The highest BCUT2D eigenvalue weighted by molar-refractivity contribution is 8.93. The summed E-state index contributed by atoms with van der Waals surface area (Å²) in [6, 6.07) is 2.59. The van der Waals surface area contributed by atoms with Gasteiger partial charge in [-0.2, -0.15) is 5.10 Å². The fourth-order valence-electron chi connectivity index (χ4n) is 1.35. The first-order valence-electron chi connectivity index (χ1n) is 4.37. The molecule has 0 aliphatic heterocycles. The van der Waals surface area contributed by atoms with Crippen LogP contribution in [0.15, 0.2) is 18.5 Å². The van der Waals surface area contributed by atoms with Gasteiger partial charge in [0.15, 0.2) is 0 Å². The van der Waals surface area contributed by atoms with Crippen LogP contribution >= 0.6 is 17.0 Å². The van der Waals surface area contributed by atoms with E-state index >= 15 is 0 Å². The zero-order valence-corrected chi connectivity index (χ0v) is 9.45. The predicted octanol–water partition coefficient (Wildman–Crippen LogP) is 3.21. The highest BCUT2D eigenvalue weighted by Crippen LogP contribution is 2.15. The first-order chi connectivity index (χ1) is 5.38. The van der Waals surface area contributed by atoms with E-state index in [0.29, 0.717) is 6.04 Å². The molecule has 1 aromatic heterocycles. The van der Waals surface area contributed by atoms with Crippen LogP contribution in [0.2, 0.25) is 0 Å². The zero-order valence-electron chi connectivity index (χ0n) is 7.73. The Kier molecular flexibility index (Phi) is 6.07. The van der Waals surface area contributed by atoms with Crippen molar-refractivity contribution in [3.05, 3.63) is 18.5 Å². The molecule has 0 N–H and O–H groups in total. The van der Waals surface area contributed by atoms with E-state index in [2.05, 4.69) is 23.6 Å². The molecular formula is C9H17BrN2. The lowest BCUT2D eigenvalue weighted by Crippen LogP contribution is -2.07. The van der Waals surface area contributed by atoms with Gasteiger partial charge in [-0.15, -0.1) is 17.0 Å². The Bertz CT molecular complexity index is 184. The molecule has 1 heterocycles. The van der Waals surface area contributed by atoms with E-state index in [-0.39, 0.29) is 17.0 Å². The number of hydrogen-bond donors (Lipinski definition) is 0. The summed E-state index contributed by atoms with van der Waals surface area (Å²) < 4.78 is 2.06. The van der Waals surface area contributed by atoms with Gasteiger partial charge in [-0.25, -0.2) is 0 Å². The molecular weight excluding hydrogens is 216 g/mol. The van der Waals surface area contributed by atoms with E-state index < -0.39 is 0 Å². The molecule has 0 saturated heterocycles.